The van der Waals surface area contributed by atoms with Crippen molar-refractivity contribution in [2.75, 3.05) is 31.7 Å². The van der Waals surface area contributed by atoms with Gasteiger partial charge in [0.25, 0.3) is 0 Å². The minimum absolute atomic E-state index is 0.0143. The van der Waals surface area contributed by atoms with Crippen LogP contribution in [0.25, 0.3) is 0 Å². The van der Waals surface area contributed by atoms with Crippen LogP contribution < -0.4 is 15.4 Å². The number of halogens is 1. The first-order valence-corrected chi connectivity index (χ1v) is 11.0. The Labute approximate surface area is 155 Å². The zero-order valence-corrected chi connectivity index (χ0v) is 16.4. The summed E-state index contributed by atoms with van der Waals surface area (Å²) < 4.78 is 42.2. The third-order valence-corrected chi connectivity index (χ3v) is 4.98. The molecule has 1 fully saturated rings. The monoisotopic (exact) mass is 385 g/mol. The molecule has 0 bridgehead atoms. The fourth-order valence-corrected chi connectivity index (χ4v) is 2.75. The topological polar surface area (TPSA) is 79.8 Å². The normalized spacial score (nSPS) is 16.2. The summed E-state index contributed by atoms with van der Waals surface area (Å²) in [4.78, 5) is 4.26. The van der Waals surface area contributed by atoms with E-state index in [1.165, 1.54) is 12.3 Å². The molecule has 6 nitrogen and oxygen atoms in total. The summed E-state index contributed by atoms with van der Waals surface area (Å²) >= 11 is 0. The van der Waals surface area contributed by atoms with Crippen LogP contribution in [0.3, 0.4) is 0 Å². The molecule has 0 aromatic heterocycles. The SMILES string of the molecule is CCNC(=NCCS(C)(=O)=O)NC(C)c1ccc(OCC2CC2)c(F)c1. The zero-order chi connectivity index (χ0) is 19.2. The highest BCUT2D eigenvalue weighted by Crippen LogP contribution is 2.30. The van der Waals surface area contributed by atoms with Gasteiger partial charge in [0, 0.05) is 12.8 Å². The predicted octanol–water partition coefficient (Wildman–Crippen LogP) is 2.28. The molecule has 26 heavy (non-hydrogen) atoms. The quantitative estimate of drug-likeness (QED) is 0.504. The molecule has 0 radical (unpaired) electrons. The van der Waals surface area contributed by atoms with Crippen LogP contribution in [0, 0.1) is 11.7 Å². The van der Waals surface area contributed by atoms with Crippen LogP contribution >= 0.6 is 0 Å². The van der Waals surface area contributed by atoms with Gasteiger partial charge in [-0.05, 0) is 50.3 Å². The minimum Gasteiger partial charge on any atom is -0.490 e. The lowest BCUT2D eigenvalue weighted by atomic mass is 10.1. The lowest BCUT2D eigenvalue weighted by Gasteiger charge is -2.19. The minimum atomic E-state index is -3.06. The van der Waals surface area contributed by atoms with Crippen molar-refractivity contribution in [3.05, 3.63) is 29.6 Å². The summed E-state index contributed by atoms with van der Waals surface area (Å²) in [5, 5.41) is 6.22. The average Bonchev–Trinajstić information content (AvgIpc) is 3.37. The van der Waals surface area contributed by atoms with Gasteiger partial charge in [-0.3, -0.25) is 4.99 Å². The van der Waals surface area contributed by atoms with E-state index in [4.69, 9.17) is 4.74 Å². The first kappa shape index (κ1) is 20.5. The van der Waals surface area contributed by atoms with E-state index in [-0.39, 0.29) is 29.9 Å². The first-order valence-electron chi connectivity index (χ1n) is 8.93. The molecule has 0 saturated heterocycles. The van der Waals surface area contributed by atoms with Crippen molar-refractivity contribution in [2.45, 2.75) is 32.7 Å². The van der Waals surface area contributed by atoms with Crippen LogP contribution in [0.2, 0.25) is 0 Å². The number of sulfone groups is 1. The lowest BCUT2D eigenvalue weighted by Crippen LogP contribution is -2.39. The van der Waals surface area contributed by atoms with Crippen molar-refractivity contribution in [2.24, 2.45) is 10.9 Å². The number of nitrogens with one attached hydrogen (secondary N) is 2. The Bertz CT molecular complexity index is 733. The highest BCUT2D eigenvalue weighted by atomic mass is 32.2. The largest absolute Gasteiger partial charge is 0.490 e. The highest BCUT2D eigenvalue weighted by molar-refractivity contribution is 7.90. The number of benzene rings is 1. The summed E-state index contributed by atoms with van der Waals surface area (Å²) in [6.45, 7) is 5.19. The number of aliphatic imine (C=N–C) groups is 1. The average molecular weight is 386 g/mol. The second-order valence-corrected chi connectivity index (χ2v) is 8.96. The summed E-state index contributed by atoms with van der Waals surface area (Å²) in [5.41, 5.74) is 0.759. The molecule has 1 aromatic rings. The Hall–Kier alpha value is -1.83. The zero-order valence-electron chi connectivity index (χ0n) is 15.6. The smallest absolute Gasteiger partial charge is 0.191 e. The van der Waals surface area contributed by atoms with Crippen molar-refractivity contribution in [1.29, 1.82) is 0 Å². The Balaban J connectivity index is 1.97. The van der Waals surface area contributed by atoms with Crippen molar-refractivity contribution < 1.29 is 17.5 Å². The molecule has 1 atom stereocenters. The molecule has 2 N–H and O–H groups in total. The fraction of sp³-hybridized carbons (Fsp3) is 0.611. The van der Waals surface area contributed by atoms with Crippen LogP contribution in [-0.2, 0) is 9.84 Å². The Morgan fingerprint density at radius 2 is 2.15 bits per heavy atom. The van der Waals surface area contributed by atoms with Crippen molar-refractivity contribution in [3.8, 4) is 5.75 Å². The molecule has 8 heteroatoms. The molecular formula is C18H28FN3O3S. The maximum Gasteiger partial charge on any atom is 0.191 e. The number of guanidine groups is 1. The molecule has 1 unspecified atom stereocenters. The number of hydrogen-bond acceptors (Lipinski definition) is 4. The maximum atomic E-state index is 14.2. The van der Waals surface area contributed by atoms with Gasteiger partial charge in [-0.25, -0.2) is 12.8 Å². The number of ether oxygens (including phenoxy) is 1. The third kappa shape index (κ3) is 7.19. The van der Waals surface area contributed by atoms with Gasteiger partial charge in [0.1, 0.15) is 9.84 Å². The molecule has 1 aliphatic rings. The number of rotatable bonds is 9. The van der Waals surface area contributed by atoms with E-state index in [0.717, 1.165) is 18.4 Å². The molecule has 0 aliphatic heterocycles. The Morgan fingerprint density at radius 3 is 2.73 bits per heavy atom. The summed E-state index contributed by atoms with van der Waals surface area (Å²) in [6, 6.07) is 4.74. The molecule has 1 aromatic carbocycles. The van der Waals surface area contributed by atoms with E-state index in [0.29, 0.717) is 25.0 Å². The van der Waals surface area contributed by atoms with Crippen LogP contribution in [0.5, 0.6) is 5.75 Å². The van der Waals surface area contributed by atoms with Crippen LogP contribution in [0.1, 0.15) is 38.3 Å². The van der Waals surface area contributed by atoms with Gasteiger partial charge < -0.3 is 15.4 Å². The van der Waals surface area contributed by atoms with Crippen molar-refractivity contribution in [3.63, 3.8) is 0 Å². The van der Waals surface area contributed by atoms with Gasteiger partial charge in [-0.2, -0.15) is 0 Å². The highest BCUT2D eigenvalue weighted by Gasteiger charge is 2.22. The molecule has 1 saturated carbocycles. The van der Waals surface area contributed by atoms with Crippen molar-refractivity contribution in [1.82, 2.24) is 10.6 Å². The van der Waals surface area contributed by atoms with Crippen molar-refractivity contribution >= 4 is 15.8 Å². The first-order chi connectivity index (χ1) is 12.3. The Morgan fingerprint density at radius 1 is 1.42 bits per heavy atom. The standard InChI is InChI=1S/C18H28FN3O3S/c1-4-20-18(21-9-10-26(3,23)24)22-13(2)15-7-8-17(16(19)11-15)25-12-14-5-6-14/h7-8,11,13-14H,4-6,9-10,12H2,1-3H3,(H2,20,21,22). The second kappa shape index (κ2) is 9.21. The van der Waals surface area contributed by atoms with E-state index in [2.05, 4.69) is 15.6 Å². The second-order valence-electron chi connectivity index (χ2n) is 6.70. The number of nitrogens with zero attached hydrogens (tertiary/aromatic N) is 1. The van der Waals surface area contributed by atoms with Gasteiger partial charge in [0.2, 0.25) is 0 Å². The van der Waals surface area contributed by atoms with Gasteiger partial charge in [0.15, 0.2) is 17.5 Å². The van der Waals surface area contributed by atoms with E-state index >= 15 is 0 Å². The molecule has 2 rings (SSSR count). The molecule has 0 spiro atoms. The van der Waals surface area contributed by atoms with Crippen LogP contribution in [-0.4, -0.2) is 46.1 Å². The van der Waals surface area contributed by atoms with E-state index in [1.807, 2.05) is 19.9 Å². The van der Waals surface area contributed by atoms with Crippen LogP contribution in [0.4, 0.5) is 4.39 Å². The molecule has 0 heterocycles. The lowest BCUT2D eigenvalue weighted by molar-refractivity contribution is 0.285. The summed E-state index contributed by atoms with van der Waals surface area (Å²) in [5.74, 6) is 0.954. The predicted molar refractivity (Wildman–Crippen MR) is 102 cm³/mol. The van der Waals surface area contributed by atoms with Gasteiger partial charge in [-0.15, -0.1) is 0 Å². The molecule has 146 valence electrons. The third-order valence-electron chi connectivity index (χ3n) is 4.06. The fourth-order valence-electron chi connectivity index (χ4n) is 2.33. The van der Waals surface area contributed by atoms with E-state index in [9.17, 15) is 12.8 Å². The van der Waals surface area contributed by atoms with Crippen LogP contribution in [0.15, 0.2) is 23.2 Å². The number of hydrogen-bond donors (Lipinski definition) is 2. The van der Waals surface area contributed by atoms with E-state index in [1.54, 1.807) is 6.07 Å². The van der Waals surface area contributed by atoms with Gasteiger partial charge in [-0.1, -0.05) is 6.07 Å². The summed E-state index contributed by atoms with van der Waals surface area (Å²) in [6.07, 6.45) is 3.50. The Kier molecular flexibility index (Phi) is 7.25. The molecule has 0 amide bonds. The summed E-state index contributed by atoms with van der Waals surface area (Å²) in [7, 11) is -3.06. The molecule has 1 aliphatic carbocycles. The maximum absolute atomic E-state index is 14.2. The molecular weight excluding hydrogens is 357 g/mol. The van der Waals surface area contributed by atoms with E-state index < -0.39 is 9.84 Å². The van der Waals surface area contributed by atoms with Gasteiger partial charge >= 0.3 is 0 Å². The van der Waals surface area contributed by atoms with Gasteiger partial charge in [0.05, 0.1) is 24.9 Å².